The number of carbonyl (C=O) groups excluding carboxylic acids is 1. The van der Waals surface area contributed by atoms with Gasteiger partial charge in [0.1, 0.15) is 5.75 Å². The molecule has 5 nitrogen and oxygen atoms in total. The first-order valence-corrected chi connectivity index (χ1v) is 7.74. The van der Waals surface area contributed by atoms with Crippen molar-refractivity contribution < 1.29 is 24.5 Å². The third-order valence-electron chi connectivity index (χ3n) is 3.36. The van der Waals surface area contributed by atoms with Crippen LogP contribution in [-0.2, 0) is 16.2 Å². The quantitative estimate of drug-likeness (QED) is 0.372. The fourth-order valence-electron chi connectivity index (χ4n) is 2.10. The molecule has 122 valence electrons. The van der Waals surface area contributed by atoms with Gasteiger partial charge in [-0.3, -0.25) is 9.59 Å². The molecule has 0 aliphatic rings. The van der Waals surface area contributed by atoms with Gasteiger partial charge in [0.05, 0.1) is 6.61 Å². The first-order chi connectivity index (χ1) is 10.6. The van der Waals surface area contributed by atoms with Crippen molar-refractivity contribution in [3.63, 3.8) is 0 Å². The normalized spacial score (nSPS) is 10.4. The molecule has 0 aliphatic carbocycles. The number of esters is 1. The molecule has 0 bridgehead atoms. The Kier molecular flexibility index (Phi) is 8.91. The van der Waals surface area contributed by atoms with Gasteiger partial charge in [-0.05, 0) is 30.5 Å². The van der Waals surface area contributed by atoms with Gasteiger partial charge < -0.3 is 14.9 Å². The molecule has 0 amide bonds. The Morgan fingerprint density at radius 1 is 0.864 bits per heavy atom. The number of hydrogen-bond donors (Lipinski definition) is 2. The molecule has 5 heteroatoms. The lowest BCUT2D eigenvalue weighted by Gasteiger charge is -2.05. The van der Waals surface area contributed by atoms with Gasteiger partial charge in [-0.2, -0.15) is 0 Å². The molecule has 0 aliphatic heterocycles. The second-order valence-electron chi connectivity index (χ2n) is 5.29. The number of carboxylic acid groups (broad SMARTS) is 1. The minimum absolute atomic E-state index is 0.0271. The van der Waals surface area contributed by atoms with Gasteiger partial charge in [-0.15, -0.1) is 0 Å². The minimum Gasteiger partial charge on any atom is -0.481 e. The van der Waals surface area contributed by atoms with Crippen molar-refractivity contribution in [2.24, 2.45) is 0 Å². The Balaban J connectivity index is 2.04. The largest absolute Gasteiger partial charge is 0.481 e. The molecule has 1 rings (SSSR count). The second-order valence-corrected chi connectivity index (χ2v) is 5.29. The Labute approximate surface area is 130 Å². The Hall–Kier alpha value is -1.88. The molecular weight excluding hydrogens is 284 g/mol. The smallest absolute Gasteiger partial charge is 0.311 e. The van der Waals surface area contributed by atoms with E-state index in [0.717, 1.165) is 44.1 Å². The van der Waals surface area contributed by atoms with E-state index >= 15 is 0 Å². The molecule has 0 radical (unpaired) electrons. The van der Waals surface area contributed by atoms with E-state index in [-0.39, 0.29) is 19.0 Å². The van der Waals surface area contributed by atoms with E-state index in [1.165, 1.54) is 0 Å². The van der Waals surface area contributed by atoms with Crippen molar-refractivity contribution in [3.8, 4) is 5.75 Å². The number of hydrogen-bond acceptors (Lipinski definition) is 4. The van der Waals surface area contributed by atoms with Crippen molar-refractivity contribution in [2.45, 2.75) is 58.0 Å². The van der Waals surface area contributed by atoms with Gasteiger partial charge in [0, 0.05) is 12.8 Å². The number of ether oxygens (including phenoxy) is 1. The van der Waals surface area contributed by atoms with E-state index in [4.69, 9.17) is 14.9 Å². The zero-order chi connectivity index (χ0) is 16.2. The summed E-state index contributed by atoms with van der Waals surface area (Å²) in [5.41, 5.74) is 0.780. The molecule has 0 saturated carbocycles. The van der Waals surface area contributed by atoms with Crippen LogP contribution >= 0.6 is 0 Å². The number of unbranched alkanes of at least 4 members (excludes halogenated alkanes) is 5. The lowest BCUT2D eigenvalue weighted by molar-refractivity contribution is -0.137. The van der Waals surface area contributed by atoms with Crippen LogP contribution in [-0.4, -0.2) is 22.2 Å². The average molecular weight is 308 g/mol. The maximum absolute atomic E-state index is 11.6. The van der Waals surface area contributed by atoms with Crippen molar-refractivity contribution in [2.75, 3.05) is 0 Å². The van der Waals surface area contributed by atoms with Gasteiger partial charge in [0.25, 0.3) is 0 Å². The third kappa shape index (κ3) is 8.42. The predicted octanol–water partition coefficient (Wildman–Crippen LogP) is 3.29. The number of carbonyl (C=O) groups is 2. The lowest BCUT2D eigenvalue weighted by atomic mass is 10.1. The van der Waals surface area contributed by atoms with E-state index in [2.05, 4.69) is 0 Å². The molecule has 0 saturated heterocycles. The molecule has 0 fully saturated rings. The van der Waals surface area contributed by atoms with Crippen LogP contribution in [0.3, 0.4) is 0 Å². The zero-order valence-electron chi connectivity index (χ0n) is 12.8. The Morgan fingerprint density at radius 3 is 1.95 bits per heavy atom. The Morgan fingerprint density at radius 2 is 1.41 bits per heavy atom. The molecule has 0 unspecified atom stereocenters. The number of carboxylic acids is 1. The van der Waals surface area contributed by atoms with Crippen molar-refractivity contribution >= 4 is 11.9 Å². The van der Waals surface area contributed by atoms with Crippen molar-refractivity contribution in [1.82, 2.24) is 0 Å². The van der Waals surface area contributed by atoms with Crippen LogP contribution in [0.2, 0.25) is 0 Å². The van der Waals surface area contributed by atoms with Crippen LogP contribution in [0.1, 0.15) is 56.9 Å². The molecule has 1 aromatic rings. The third-order valence-corrected chi connectivity index (χ3v) is 3.36. The molecule has 0 heterocycles. The molecule has 2 N–H and O–H groups in total. The van der Waals surface area contributed by atoms with Crippen LogP contribution in [0.25, 0.3) is 0 Å². The van der Waals surface area contributed by atoms with Crippen LogP contribution in [0.5, 0.6) is 5.75 Å². The maximum atomic E-state index is 11.6. The summed E-state index contributed by atoms with van der Waals surface area (Å²) in [4.78, 5) is 22.0. The number of aliphatic carboxylic acids is 1. The fraction of sp³-hybridized carbons (Fsp3) is 0.529. The highest BCUT2D eigenvalue weighted by atomic mass is 16.5. The summed E-state index contributed by atoms with van der Waals surface area (Å²) in [7, 11) is 0. The Bertz CT molecular complexity index is 453. The topological polar surface area (TPSA) is 83.8 Å². The molecule has 22 heavy (non-hydrogen) atoms. The average Bonchev–Trinajstić information content (AvgIpc) is 2.50. The lowest BCUT2D eigenvalue weighted by Crippen LogP contribution is -2.07. The fourth-order valence-corrected chi connectivity index (χ4v) is 2.10. The van der Waals surface area contributed by atoms with Crippen molar-refractivity contribution in [3.05, 3.63) is 29.8 Å². The van der Waals surface area contributed by atoms with Gasteiger partial charge in [-0.1, -0.05) is 37.8 Å². The highest BCUT2D eigenvalue weighted by Crippen LogP contribution is 2.14. The van der Waals surface area contributed by atoms with Gasteiger partial charge in [0.2, 0.25) is 0 Å². The summed E-state index contributed by atoms with van der Waals surface area (Å²) in [5.74, 6) is -0.492. The van der Waals surface area contributed by atoms with E-state index in [0.29, 0.717) is 12.2 Å². The highest BCUT2D eigenvalue weighted by molar-refractivity contribution is 5.72. The van der Waals surface area contributed by atoms with Crippen LogP contribution in [0, 0.1) is 0 Å². The number of rotatable bonds is 11. The van der Waals surface area contributed by atoms with Gasteiger partial charge >= 0.3 is 11.9 Å². The first-order valence-electron chi connectivity index (χ1n) is 7.74. The molecular formula is C17H24O5. The van der Waals surface area contributed by atoms with Crippen LogP contribution in [0.15, 0.2) is 24.3 Å². The van der Waals surface area contributed by atoms with Gasteiger partial charge in [0.15, 0.2) is 0 Å². The van der Waals surface area contributed by atoms with Gasteiger partial charge in [-0.25, -0.2) is 0 Å². The highest BCUT2D eigenvalue weighted by Gasteiger charge is 2.05. The SMILES string of the molecule is O=C(O)CCCCCCCCC(=O)Oc1ccc(CO)cc1. The summed E-state index contributed by atoms with van der Waals surface area (Å²) < 4.78 is 5.20. The summed E-state index contributed by atoms with van der Waals surface area (Å²) in [5, 5.41) is 17.4. The predicted molar refractivity (Wildman–Crippen MR) is 82.6 cm³/mol. The summed E-state index contributed by atoms with van der Waals surface area (Å²) in [6.45, 7) is -0.0271. The number of benzene rings is 1. The van der Waals surface area contributed by atoms with E-state index in [1.54, 1.807) is 24.3 Å². The van der Waals surface area contributed by atoms with Crippen molar-refractivity contribution in [1.29, 1.82) is 0 Å². The molecule has 0 aromatic heterocycles. The van der Waals surface area contributed by atoms with E-state index in [1.807, 2.05) is 0 Å². The minimum atomic E-state index is -0.741. The standard InChI is InChI=1S/C17H24O5/c18-13-14-9-11-15(12-10-14)22-17(21)8-6-4-2-1-3-5-7-16(19)20/h9-12,18H,1-8,13H2,(H,19,20). The summed E-state index contributed by atoms with van der Waals surface area (Å²) >= 11 is 0. The summed E-state index contributed by atoms with van der Waals surface area (Å²) in [6, 6.07) is 6.79. The summed E-state index contributed by atoms with van der Waals surface area (Å²) in [6.07, 6.45) is 6.02. The molecule has 0 spiro atoms. The monoisotopic (exact) mass is 308 g/mol. The van der Waals surface area contributed by atoms with E-state index < -0.39 is 5.97 Å². The maximum Gasteiger partial charge on any atom is 0.311 e. The zero-order valence-corrected chi connectivity index (χ0v) is 12.8. The van der Waals surface area contributed by atoms with Crippen LogP contribution in [0.4, 0.5) is 0 Å². The number of aliphatic hydroxyl groups excluding tert-OH is 1. The first kappa shape index (κ1) is 18.2. The number of aliphatic hydroxyl groups is 1. The van der Waals surface area contributed by atoms with Crippen LogP contribution < -0.4 is 4.74 Å². The van der Waals surface area contributed by atoms with E-state index in [9.17, 15) is 9.59 Å². The molecule has 0 atom stereocenters. The molecule has 1 aromatic carbocycles. The second kappa shape index (κ2) is 10.8.